The van der Waals surface area contributed by atoms with Gasteiger partial charge in [-0.05, 0) is 76.6 Å². The van der Waals surface area contributed by atoms with Crippen LogP contribution < -0.4 is 9.62 Å². The zero-order valence-electron chi connectivity index (χ0n) is 29.3. The van der Waals surface area contributed by atoms with Crippen LogP contribution in [0.3, 0.4) is 0 Å². The number of amides is 3. The number of nitrogens with one attached hydrogen (secondary N) is 1. The summed E-state index contributed by atoms with van der Waals surface area (Å²) in [5, 5.41) is 10.7. The molecule has 17 heteroatoms. The fourth-order valence-electron chi connectivity index (χ4n) is 5.31. The second kappa shape index (κ2) is 19.8. The number of sulfonamides is 1. The Bertz CT molecular complexity index is 1800. The average molecular weight is 821 g/mol. The van der Waals surface area contributed by atoms with Crippen molar-refractivity contribution < 1.29 is 37.4 Å². The van der Waals surface area contributed by atoms with E-state index in [4.69, 9.17) is 55.9 Å². The minimum absolute atomic E-state index is 0.0201. The van der Waals surface area contributed by atoms with Crippen LogP contribution in [0, 0.1) is 0 Å². The number of hydrogen-bond donors (Lipinski definition) is 2. The van der Waals surface area contributed by atoms with E-state index < -0.39 is 52.8 Å². The van der Waals surface area contributed by atoms with Crippen LogP contribution in [0.5, 0.6) is 0 Å². The van der Waals surface area contributed by atoms with Crippen LogP contribution in [0.4, 0.5) is 10.5 Å². The molecular formula is C35H42Cl4N4O8S. The van der Waals surface area contributed by atoms with Crippen molar-refractivity contribution in [3.63, 3.8) is 0 Å². The van der Waals surface area contributed by atoms with Crippen LogP contribution >= 0.6 is 46.4 Å². The zero-order valence-corrected chi connectivity index (χ0v) is 33.1. The monoisotopic (exact) mass is 818 g/mol. The fraction of sp³-hybridized carbons (Fsp3) is 0.400. The van der Waals surface area contributed by atoms with Crippen molar-refractivity contribution in [1.29, 1.82) is 0 Å². The zero-order chi connectivity index (χ0) is 38.7. The van der Waals surface area contributed by atoms with Crippen LogP contribution in [0.1, 0.15) is 40.2 Å². The lowest BCUT2D eigenvalue weighted by Crippen LogP contribution is -2.60. The van der Waals surface area contributed by atoms with Gasteiger partial charge in [0.2, 0.25) is 15.9 Å². The van der Waals surface area contributed by atoms with Crippen LogP contribution in [-0.4, -0.2) is 92.0 Å². The molecule has 0 saturated carbocycles. The number of rotatable bonds is 18. The molecule has 0 spiro atoms. The molecule has 52 heavy (non-hydrogen) atoms. The third kappa shape index (κ3) is 11.4. The molecule has 0 heterocycles. The summed E-state index contributed by atoms with van der Waals surface area (Å²) in [7, 11) is -4.43. The molecule has 0 aliphatic rings. The number of carbonyl (C=O) groups is 3. The van der Waals surface area contributed by atoms with Crippen molar-refractivity contribution in [3.8, 4) is 0 Å². The van der Waals surface area contributed by atoms with Gasteiger partial charge >= 0.3 is 6.09 Å². The highest BCUT2D eigenvalue weighted by Crippen LogP contribution is 2.31. The molecule has 3 aromatic carbocycles. The van der Waals surface area contributed by atoms with Gasteiger partial charge in [0, 0.05) is 43.1 Å². The second-order valence-electron chi connectivity index (χ2n) is 11.7. The molecular weight excluding hydrogens is 778 g/mol. The number of nitrogens with zero attached hydrogens (tertiary/aromatic N) is 3. The number of hydrogen-bond acceptors (Lipinski definition) is 7. The Morgan fingerprint density at radius 3 is 1.98 bits per heavy atom. The minimum atomic E-state index is -4.43. The van der Waals surface area contributed by atoms with E-state index in [9.17, 15) is 27.9 Å². The predicted octanol–water partition coefficient (Wildman–Crippen LogP) is 7.19. The summed E-state index contributed by atoms with van der Waals surface area (Å²) in [5.74, 6) is -1.46. The van der Waals surface area contributed by atoms with Gasteiger partial charge in [0.25, 0.3) is 5.91 Å². The lowest BCUT2D eigenvalue weighted by atomic mass is 10.1. The molecule has 0 saturated heterocycles. The van der Waals surface area contributed by atoms with Crippen molar-refractivity contribution in [1.82, 2.24) is 14.5 Å². The van der Waals surface area contributed by atoms with Crippen LogP contribution in [0.15, 0.2) is 71.6 Å². The van der Waals surface area contributed by atoms with Gasteiger partial charge in [0.1, 0.15) is 17.0 Å². The molecule has 12 nitrogen and oxygen atoms in total. The third-order valence-electron chi connectivity index (χ3n) is 7.87. The molecule has 2 unspecified atom stereocenters. The van der Waals surface area contributed by atoms with Gasteiger partial charge in [0.05, 0.1) is 21.6 Å². The Labute approximate surface area is 324 Å². The first-order valence-electron chi connectivity index (χ1n) is 16.3. The molecule has 0 fully saturated rings. The molecule has 0 aromatic heterocycles. The van der Waals surface area contributed by atoms with Gasteiger partial charge in [-0.15, -0.1) is 0 Å². The predicted molar refractivity (Wildman–Crippen MR) is 203 cm³/mol. The van der Waals surface area contributed by atoms with Crippen LogP contribution in [0.25, 0.3) is 0 Å². The highest BCUT2D eigenvalue weighted by molar-refractivity contribution is 7.89. The van der Waals surface area contributed by atoms with E-state index in [-0.39, 0.29) is 49.8 Å². The largest absolute Gasteiger partial charge is 0.465 e. The summed E-state index contributed by atoms with van der Waals surface area (Å²) in [6.07, 6.45) is -2.29. The van der Waals surface area contributed by atoms with Crippen LogP contribution in [-0.2, 0) is 35.6 Å². The maximum absolute atomic E-state index is 15.0. The summed E-state index contributed by atoms with van der Waals surface area (Å²) >= 11 is 24.8. The second-order valence-corrected chi connectivity index (χ2v) is 15.1. The van der Waals surface area contributed by atoms with Crippen molar-refractivity contribution in [2.75, 3.05) is 31.2 Å². The van der Waals surface area contributed by atoms with Gasteiger partial charge in [-0.3, -0.25) is 19.4 Å². The number of ether oxygens (including phenoxy) is 2. The number of halogens is 4. The number of anilines is 1. The van der Waals surface area contributed by atoms with E-state index in [1.165, 1.54) is 48.2 Å². The van der Waals surface area contributed by atoms with Gasteiger partial charge < -0.3 is 19.5 Å². The maximum Gasteiger partial charge on any atom is 0.408 e. The molecule has 2 N–H and O–H groups in total. The van der Waals surface area contributed by atoms with E-state index in [1.807, 2.05) is 0 Å². The molecule has 0 aliphatic carbocycles. The Kier molecular flexibility index (Phi) is 16.5. The Hall–Kier alpha value is -3.14. The highest BCUT2D eigenvalue weighted by Gasteiger charge is 2.40. The quantitative estimate of drug-likeness (QED) is 0.128. The standard InChI is InChI=1S/C35H42Cl4N4O8S/c1-6-50-32(51-7-2)21-41(22(3)4)33(44)23(5)43(26-14-15-27(37)28(38)18-26)34(45)30(42(35(46)47)20-24-11-9-8-10-12-24)19-40-52(48,49)31-16-13-25(36)17-29(31)39/h8-18,22-23,30,32,40H,6-7,19-21H2,1-5H3,(H,46,47). The maximum atomic E-state index is 15.0. The Morgan fingerprint density at radius 2 is 1.44 bits per heavy atom. The lowest BCUT2D eigenvalue weighted by molar-refractivity contribution is -0.162. The summed E-state index contributed by atoms with van der Waals surface area (Å²) < 4.78 is 40.8. The van der Waals surface area contributed by atoms with Crippen molar-refractivity contribution in [3.05, 3.63) is 92.4 Å². The van der Waals surface area contributed by atoms with Crippen molar-refractivity contribution >= 4 is 80.0 Å². The Morgan fingerprint density at radius 1 is 0.808 bits per heavy atom. The van der Waals surface area contributed by atoms with Crippen molar-refractivity contribution in [2.24, 2.45) is 0 Å². The fourth-order valence-corrected chi connectivity index (χ4v) is 7.41. The smallest absolute Gasteiger partial charge is 0.408 e. The summed E-state index contributed by atoms with van der Waals surface area (Å²) in [6, 6.07) is 13.0. The average Bonchev–Trinajstić information content (AvgIpc) is 3.08. The van der Waals surface area contributed by atoms with E-state index >= 15 is 0 Å². The van der Waals surface area contributed by atoms with Gasteiger partial charge in [-0.2, -0.15) is 0 Å². The lowest BCUT2D eigenvalue weighted by Gasteiger charge is -2.39. The van der Waals surface area contributed by atoms with Crippen molar-refractivity contribution in [2.45, 2.75) is 70.5 Å². The molecule has 0 aliphatic heterocycles. The highest BCUT2D eigenvalue weighted by atomic mass is 35.5. The van der Waals surface area contributed by atoms with E-state index in [2.05, 4.69) is 4.72 Å². The Balaban J connectivity index is 2.18. The minimum Gasteiger partial charge on any atom is -0.465 e. The van der Waals surface area contributed by atoms with E-state index in [0.717, 1.165) is 9.80 Å². The first-order chi connectivity index (χ1) is 24.5. The summed E-state index contributed by atoms with van der Waals surface area (Å²) in [6.45, 7) is 8.24. The normalized spacial score (nSPS) is 12.8. The molecule has 0 bridgehead atoms. The molecule has 284 valence electrons. The molecule has 0 radical (unpaired) electrons. The molecule has 2 atom stereocenters. The first kappa shape index (κ1) is 43.3. The van der Waals surface area contributed by atoms with E-state index in [1.54, 1.807) is 58.0 Å². The van der Waals surface area contributed by atoms with E-state index in [0.29, 0.717) is 18.8 Å². The topological polar surface area (TPSA) is 146 Å². The number of carboxylic acid groups (broad SMARTS) is 1. The summed E-state index contributed by atoms with van der Waals surface area (Å²) in [4.78, 5) is 45.3. The SMILES string of the molecule is CCOC(CN(C(=O)C(C)N(C(=O)C(CNS(=O)(=O)c1ccc(Cl)cc1Cl)N(Cc1ccccc1)C(=O)O)c1ccc(Cl)c(Cl)c1)C(C)C)OCC. The first-order valence-corrected chi connectivity index (χ1v) is 19.3. The van der Waals surface area contributed by atoms with Gasteiger partial charge in [0.15, 0.2) is 6.29 Å². The van der Waals surface area contributed by atoms with Crippen LogP contribution in [0.2, 0.25) is 20.1 Å². The molecule has 3 aromatic rings. The van der Waals surface area contributed by atoms with Gasteiger partial charge in [-0.1, -0.05) is 76.7 Å². The molecule has 3 amide bonds. The third-order valence-corrected chi connectivity index (χ3v) is 10.8. The molecule has 3 rings (SSSR count). The van der Waals surface area contributed by atoms with Gasteiger partial charge in [-0.25, -0.2) is 17.9 Å². The number of carbonyl (C=O) groups excluding carboxylic acids is 2. The number of benzene rings is 3. The summed E-state index contributed by atoms with van der Waals surface area (Å²) in [5.41, 5.74) is 0.620.